The second kappa shape index (κ2) is 5.19. The molecule has 0 aliphatic heterocycles. The van der Waals surface area contributed by atoms with E-state index in [9.17, 15) is 0 Å². The van der Waals surface area contributed by atoms with Crippen LogP contribution in [-0.2, 0) is 13.6 Å². The Morgan fingerprint density at radius 3 is 2.94 bits per heavy atom. The van der Waals surface area contributed by atoms with Crippen molar-refractivity contribution in [1.82, 2.24) is 14.5 Å². The summed E-state index contributed by atoms with van der Waals surface area (Å²) in [6, 6.07) is 8.54. The average Bonchev–Trinajstić information content (AvgIpc) is 2.62. The molecule has 0 amide bonds. The molecule has 4 heteroatoms. The van der Waals surface area contributed by atoms with Crippen molar-refractivity contribution in [3.8, 4) is 6.07 Å². The molecule has 94 valence electrons. The van der Waals surface area contributed by atoms with Crippen molar-refractivity contribution in [2.24, 2.45) is 7.05 Å². The van der Waals surface area contributed by atoms with Crippen molar-refractivity contribution in [1.29, 1.82) is 5.26 Å². The van der Waals surface area contributed by atoms with Gasteiger partial charge in [-0.3, -0.25) is 0 Å². The first kappa shape index (κ1) is 12.6. The monoisotopic (exact) mass is 242 g/mol. The second-order valence-electron chi connectivity index (χ2n) is 4.69. The zero-order chi connectivity index (χ0) is 13.1. The maximum Gasteiger partial charge on any atom is 0.106 e. The summed E-state index contributed by atoms with van der Waals surface area (Å²) in [5.41, 5.74) is 3.44. The fourth-order valence-electron chi connectivity index (χ4n) is 2.10. The van der Waals surface area contributed by atoms with E-state index in [2.05, 4.69) is 38.7 Å². The van der Waals surface area contributed by atoms with Crippen LogP contribution >= 0.6 is 0 Å². The maximum absolute atomic E-state index is 8.57. The molecule has 1 heterocycles. The standard InChI is InChI=1S/C14H18N4/c1-11-16-13-9-12(5-6-14(13)18(11)3)10-17(2)8-4-7-15/h5-6,9H,4,8,10H2,1-3H3. The third-order valence-corrected chi connectivity index (χ3v) is 3.23. The summed E-state index contributed by atoms with van der Waals surface area (Å²) in [5.74, 6) is 1.03. The first-order valence-corrected chi connectivity index (χ1v) is 6.09. The number of benzene rings is 1. The summed E-state index contributed by atoms with van der Waals surface area (Å²) in [6.07, 6.45) is 0.571. The molecular formula is C14H18N4. The minimum atomic E-state index is 0.571. The van der Waals surface area contributed by atoms with E-state index in [4.69, 9.17) is 5.26 Å². The molecule has 0 saturated heterocycles. The smallest absolute Gasteiger partial charge is 0.106 e. The Hall–Kier alpha value is -1.86. The topological polar surface area (TPSA) is 44.9 Å². The molecular weight excluding hydrogens is 224 g/mol. The van der Waals surface area contributed by atoms with Crippen molar-refractivity contribution in [3.05, 3.63) is 29.6 Å². The predicted octanol–water partition coefficient (Wildman–Crippen LogP) is 2.23. The summed E-state index contributed by atoms with van der Waals surface area (Å²) in [4.78, 5) is 6.69. The van der Waals surface area contributed by atoms with Crippen molar-refractivity contribution in [3.63, 3.8) is 0 Å². The molecule has 2 rings (SSSR count). The van der Waals surface area contributed by atoms with Gasteiger partial charge < -0.3 is 9.47 Å². The molecule has 0 spiro atoms. The van der Waals surface area contributed by atoms with Crippen molar-refractivity contribution in [2.75, 3.05) is 13.6 Å². The third kappa shape index (κ3) is 2.52. The normalized spacial score (nSPS) is 11.1. The fraction of sp³-hybridized carbons (Fsp3) is 0.429. The molecule has 1 aromatic heterocycles. The number of rotatable bonds is 4. The van der Waals surface area contributed by atoms with Crippen molar-refractivity contribution in [2.45, 2.75) is 19.9 Å². The third-order valence-electron chi connectivity index (χ3n) is 3.23. The van der Waals surface area contributed by atoms with Crippen LogP contribution in [0.3, 0.4) is 0 Å². The molecule has 0 aliphatic carbocycles. The lowest BCUT2D eigenvalue weighted by molar-refractivity contribution is 0.335. The number of nitrogens with zero attached hydrogens (tertiary/aromatic N) is 4. The molecule has 2 aromatic rings. The first-order valence-electron chi connectivity index (χ1n) is 6.09. The van der Waals surface area contributed by atoms with E-state index >= 15 is 0 Å². The predicted molar refractivity (Wildman–Crippen MR) is 72.0 cm³/mol. The summed E-state index contributed by atoms with van der Waals surface area (Å²) >= 11 is 0. The number of hydrogen-bond donors (Lipinski definition) is 0. The number of imidazole rings is 1. The Bertz CT molecular complexity index is 592. The largest absolute Gasteiger partial charge is 0.331 e. The van der Waals surface area contributed by atoms with Crippen LogP contribution in [0, 0.1) is 18.3 Å². The van der Waals surface area contributed by atoms with Gasteiger partial charge >= 0.3 is 0 Å². The Morgan fingerprint density at radius 1 is 1.44 bits per heavy atom. The van der Waals surface area contributed by atoms with E-state index in [-0.39, 0.29) is 0 Å². The lowest BCUT2D eigenvalue weighted by Gasteiger charge is -2.14. The van der Waals surface area contributed by atoms with Gasteiger partial charge in [0.05, 0.1) is 17.1 Å². The van der Waals surface area contributed by atoms with Crippen LogP contribution < -0.4 is 0 Å². The van der Waals surface area contributed by atoms with E-state index < -0.39 is 0 Å². The van der Waals surface area contributed by atoms with Gasteiger partial charge in [-0.15, -0.1) is 0 Å². The number of aromatic nitrogens is 2. The van der Waals surface area contributed by atoms with E-state index in [0.717, 1.165) is 29.9 Å². The Labute approximate surface area is 107 Å². The quantitative estimate of drug-likeness (QED) is 0.825. The van der Waals surface area contributed by atoms with Crippen molar-refractivity contribution < 1.29 is 0 Å². The highest BCUT2D eigenvalue weighted by Crippen LogP contribution is 2.17. The van der Waals surface area contributed by atoms with Gasteiger partial charge in [-0.05, 0) is 31.7 Å². The summed E-state index contributed by atoms with van der Waals surface area (Å²) in [5, 5.41) is 8.57. The number of nitriles is 1. The van der Waals surface area contributed by atoms with Crippen molar-refractivity contribution >= 4 is 11.0 Å². The van der Waals surface area contributed by atoms with Crippen LogP contribution in [0.1, 0.15) is 17.8 Å². The number of hydrogen-bond acceptors (Lipinski definition) is 3. The van der Waals surface area contributed by atoms with Gasteiger partial charge in [-0.25, -0.2) is 4.98 Å². The average molecular weight is 242 g/mol. The highest BCUT2D eigenvalue weighted by molar-refractivity contribution is 5.76. The highest BCUT2D eigenvalue weighted by atomic mass is 15.1. The van der Waals surface area contributed by atoms with E-state index in [1.54, 1.807) is 0 Å². The lowest BCUT2D eigenvalue weighted by Crippen LogP contribution is -2.18. The number of aryl methyl sites for hydroxylation is 2. The molecule has 4 nitrogen and oxygen atoms in total. The molecule has 0 atom stereocenters. The number of fused-ring (bicyclic) bond motifs is 1. The van der Waals surface area contributed by atoms with Crippen LogP contribution in [0.2, 0.25) is 0 Å². The summed E-state index contributed by atoms with van der Waals surface area (Å²) in [7, 11) is 4.06. The molecule has 18 heavy (non-hydrogen) atoms. The Kier molecular flexibility index (Phi) is 3.63. The van der Waals surface area contributed by atoms with Gasteiger partial charge in [0.1, 0.15) is 5.82 Å². The first-order chi connectivity index (χ1) is 8.61. The minimum Gasteiger partial charge on any atom is -0.331 e. The zero-order valence-electron chi connectivity index (χ0n) is 11.1. The van der Waals surface area contributed by atoms with E-state index in [0.29, 0.717) is 6.42 Å². The van der Waals surface area contributed by atoms with Gasteiger partial charge in [-0.1, -0.05) is 6.07 Å². The Balaban J connectivity index is 2.18. The molecule has 1 aromatic carbocycles. The molecule has 0 unspecified atom stereocenters. The van der Waals surface area contributed by atoms with Crippen LogP contribution in [0.4, 0.5) is 0 Å². The molecule has 0 aliphatic rings. The molecule has 0 saturated carbocycles. The minimum absolute atomic E-state index is 0.571. The fourth-order valence-corrected chi connectivity index (χ4v) is 2.10. The maximum atomic E-state index is 8.57. The highest BCUT2D eigenvalue weighted by Gasteiger charge is 2.06. The second-order valence-corrected chi connectivity index (χ2v) is 4.69. The molecule has 0 N–H and O–H groups in total. The zero-order valence-corrected chi connectivity index (χ0v) is 11.1. The van der Waals surface area contributed by atoms with Gasteiger partial charge in [0.15, 0.2) is 0 Å². The van der Waals surface area contributed by atoms with Gasteiger partial charge in [0.25, 0.3) is 0 Å². The molecule has 0 bridgehead atoms. The van der Waals surface area contributed by atoms with E-state index in [1.807, 2.05) is 21.0 Å². The Morgan fingerprint density at radius 2 is 2.22 bits per heavy atom. The summed E-state index contributed by atoms with van der Waals surface area (Å²) < 4.78 is 2.10. The van der Waals surface area contributed by atoms with Crippen LogP contribution in [0.15, 0.2) is 18.2 Å². The van der Waals surface area contributed by atoms with Gasteiger partial charge in [-0.2, -0.15) is 5.26 Å². The van der Waals surface area contributed by atoms with Gasteiger partial charge in [0.2, 0.25) is 0 Å². The van der Waals surface area contributed by atoms with Crippen LogP contribution in [0.25, 0.3) is 11.0 Å². The lowest BCUT2D eigenvalue weighted by atomic mass is 10.2. The summed E-state index contributed by atoms with van der Waals surface area (Å²) in [6.45, 7) is 3.67. The molecule has 0 radical (unpaired) electrons. The van der Waals surface area contributed by atoms with Crippen LogP contribution in [0.5, 0.6) is 0 Å². The molecule has 0 fully saturated rings. The van der Waals surface area contributed by atoms with Crippen LogP contribution in [-0.4, -0.2) is 28.0 Å². The SMILES string of the molecule is Cc1nc2cc(CN(C)CCC#N)ccc2n1C. The van der Waals surface area contributed by atoms with E-state index in [1.165, 1.54) is 5.56 Å². The van der Waals surface area contributed by atoms with Gasteiger partial charge in [0, 0.05) is 26.6 Å².